The summed E-state index contributed by atoms with van der Waals surface area (Å²) in [5.41, 5.74) is 2.43. The Hall–Kier alpha value is -2.62. The van der Waals surface area contributed by atoms with Gasteiger partial charge in [-0.15, -0.1) is 5.10 Å². The van der Waals surface area contributed by atoms with Crippen LogP contribution in [0.3, 0.4) is 0 Å². The van der Waals surface area contributed by atoms with Crippen LogP contribution in [0.4, 0.5) is 17.1 Å². The zero-order valence-corrected chi connectivity index (χ0v) is 19.4. The van der Waals surface area contributed by atoms with Gasteiger partial charge in [-0.3, -0.25) is 14.9 Å². The molecule has 3 heterocycles. The zero-order valence-electron chi connectivity index (χ0n) is 18.6. The molecule has 4 rings (SSSR count). The lowest BCUT2D eigenvalue weighted by molar-refractivity contribution is -0.384. The molecule has 1 aromatic rings. The van der Waals surface area contributed by atoms with Crippen LogP contribution in [0.25, 0.3) is 0 Å². The van der Waals surface area contributed by atoms with Gasteiger partial charge >= 0.3 is 0 Å². The van der Waals surface area contributed by atoms with Crippen molar-refractivity contribution in [3.8, 4) is 0 Å². The van der Waals surface area contributed by atoms with Crippen molar-refractivity contribution in [2.24, 2.45) is 10.2 Å². The van der Waals surface area contributed by atoms with E-state index >= 15 is 0 Å². The van der Waals surface area contributed by atoms with E-state index in [1.807, 2.05) is 6.07 Å². The van der Waals surface area contributed by atoms with Gasteiger partial charge in [0.1, 0.15) is 5.69 Å². The van der Waals surface area contributed by atoms with Gasteiger partial charge in [-0.25, -0.2) is 0 Å². The van der Waals surface area contributed by atoms with Crippen molar-refractivity contribution in [1.29, 1.82) is 0 Å². The Balaban J connectivity index is 1.76. The van der Waals surface area contributed by atoms with Gasteiger partial charge in [0.15, 0.2) is 5.17 Å². The summed E-state index contributed by atoms with van der Waals surface area (Å²) in [4.78, 5) is 27.6. The van der Waals surface area contributed by atoms with Gasteiger partial charge < -0.3 is 15.1 Å². The number of carbonyl (C=O) groups is 1. The Bertz CT molecular complexity index is 950. The summed E-state index contributed by atoms with van der Waals surface area (Å²) in [6.07, 6.45) is 8.19. The Labute approximate surface area is 192 Å². The van der Waals surface area contributed by atoms with Gasteiger partial charge in [0, 0.05) is 42.5 Å². The Morgan fingerprint density at radius 2 is 1.75 bits per heavy atom. The van der Waals surface area contributed by atoms with Crippen molar-refractivity contribution in [2.75, 3.05) is 28.6 Å². The second kappa shape index (κ2) is 9.89. The number of piperidine rings is 2. The number of nitrogens with zero attached hydrogens (tertiary/aromatic N) is 5. The fraction of sp³-hybridized carbons (Fsp3) is 0.591. The maximum absolute atomic E-state index is 12.0. The number of nitro groups is 1. The highest BCUT2D eigenvalue weighted by Gasteiger charge is 2.30. The number of amides is 1. The quantitative estimate of drug-likeness (QED) is 0.408. The first-order valence-corrected chi connectivity index (χ1v) is 12.3. The Kier molecular flexibility index (Phi) is 6.98. The summed E-state index contributed by atoms with van der Waals surface area (Å²) in [6.45, 7) is 6.09. The van der Waals surface area contributed by atoms with E-state index in [1.165, 1.54) is 18.2 Å². The van der Waals surface area contributed by atoms with Crippen molar-refractivity contribution in [1.82, 2.24) is 5.32 Å². The number of rotatable bonds is 5. The SMILES string of the molecule is C[C@@H]1CCCCN1c1cc(N2CCCC[C@@H]2C)c(/C=N\N=C2NC(=O)CS2)cc1[N+](=O)[O-]. The molecule has 3 saturated heterocycles. The average molecular weight is 459 g/mol. The van der Waals surface area contributed by atoms with Gasteiger partial charge in [-0.1, -0.05) is 11.8 Å². The summed E-state index contributed by atoms with van der Waals surface area (Å²) in [7, 11) is 0. The second-order valence-electron chi connectivity index (χ2n) is 8.72. The smallest absolute Gasteiger partial charge is 0.293 e. The van der Waals surface area contributed by atoms with Crippen molar-refractivity contribution < 1.29 is 9.72 Å². The molecule has 0 radical (unpaired) electrons. The molecule has 0 spiro atoms. The Morgan fingerprint density at radius 3 is 2.31 bits per heavy atom. The van der Waals surface area contributed by atoms with E-state index in [2.05, 4.69) is 39.2 Å². The van der Waals surface area contributed by atoms with Crippen molar-refractivity contribution >= 4 is 46.1 Å². The number of hydrogen-bond acceptors (Lipinski definition) is 8. The molecular weight excluding hydrogens is 428 g/mol. The van der Waals surface area contributed by atoms with Crippen LogP contribution < -0.4 is 15.1 Å². The third-order valence-electron chi connectivity index (χ3n) is 6.48. The topological polar surface area (TPSA) is 103 Å². The molecule has 2 atom stereocenters. The molecule has 10 heteroatoms. The first-order valence-electron chi connectivity index (χ1n) is 11.3. The highest BCUT2D eigenvalue weighted by Crippen LogP contribution is 2.39. The minimum Gasteiger partial charge on any atom is -0.368 e. The van der Waals surface area contributed by atoms with Crippen LogP contribution in [0.2, 0.25) is 0 Å². The Morgan fingerprint density at radius 1 is 1.09 bits per heavy atom. The van der Waals surface area contributed by atoms with Crippen LogP contribution in [0.1, 0.15) is 57.9 Å². The molecule has 0 saturated carbocycles. The molecule has 3 aliphatic rings. The fourth-order valence-electron chi connectivity index (χ4n) is 4.75. The lowest BCUT2D eigenvalue weighted by atomic mass is 9.98. The summed E-state index contributed by atoms with van der Waals surface area (Å²) >= 11 is 1.30. The van der Waals surface area contributed by atoms with E-state index in [0.717, 1.165) is 50.9 Å². The first-order chi connectivity index (χ1) is 15.4. The monoisotopic (exact) mass is 458 g/mol. The number of anilines is 2. The predicted octanol–water partition coefficient (Wildman–Crippen LogP) is 3.91. The molecule has 1 amide bonds. The molecule has 32 heavy (non-hydrogen) atoms. The number of amidine groups is 1. The number of nitro benzene ring substituents is 1. The highest BCUT2D eigenvalue weighted by atomic mass is 32.2. The maximum atomic E-state index is 12.0. The maximum Gasteiger partial charge on any atom is 0.293 e. The molecule has 0 unspecified atom stereocenters. The zero-order chi connectivity index (χ0) is 22.7. The van der Waals surface area contributed by atoms with E-state index in [-0.39, 0.29) is 22.6 Å². The van der Waals surface area contributed by atoms with Crippen LogP contribution in [0.5, 0.6) is 0 Å². The van der Waals surface area contributed by atoms with Crippen LogP contribution in [-0.4, -0.2) is 53.1 Å². The normalized spacial score (nSPS) is 25.6. The van der Waals surface area contributed by atoms with Gasteiger partial charge in [-0.05, 0) is 58.4 Å². The lowest BCUT2D eigenvalue weighted by Gasteiger charge is -2.38. The summed E-state index contributed by atoms with van der Waals surface area (Å²) in [5.74, 6) is 0.237. The van der Waals surface area contributed by atoms with Gasteiger partial charge in [-0.2, -0.15) is 5.10 Å². The van der Waals surface area contributed by atoms with Gasteiger partial charge in [0.2, 0.25) is 5.91 Å². The molecule has 3 aliphatic heterocycles. The molecule has 9 nitrogen and oxygen atoms in total. The standard InChI is InChI=1S/C22H30N6O3S/c1-15-7-3-5-9-26(15)18-12-19(27-10-6-4-8-16(27)2)20(28(30)31)11-17(18)13-23-25-22-24-21(29)14-32-22/h11-13,15-16H,3-10,14H2,1-2H3,(H,24,25,29)/b23-13-/t15-,16+/m0/s1. The molecule has 0 bridgehead atoms. The predicted molar refractivity (Wildman–Crippen MR) is 130 cm³/mol. The second-order valence-corrected chi connectivity index (χ2v) is 9.68. The van der Waals surface area contributed by atoms with Crippen molar-refractivity contribution in [2.45, 2.75) is 64.5 Å². The molecule has 0 aromatic heterocycles. The van der Waals surface area contributed by atoms with E-state index in [4.69, 9.17) is 0 Å². The summed E-state index contributed by atoms with van der Waals surface area (Å²) in [6, 6.07) is 4.24. The van der Waals surface area contributed by atoms with E-state index in [1.54, 1.807) is 12.3 Å². The molecule has 3 fully saturated rings. The van der Waals surface area contributed by atoms with Crippen LogP contribution >= 0.6 is 11.8 Å². The number of nitrogens with one attached hydrogen (secondary N) is 1. The number of hydrogen-bond donors (Lipinski definition) is 1. The number of carbonyl (C=O) groups excluding carboxylic acids is 1. The molecule has 172 valence electrons. The van der Waals surface area contributed by atoms with Crippen LogP contribution in [0, 0.1) is 10.1 Å². The third kappa shape index (κ3) is 4.90. The summed E-state index contributed by atoms with van der Waals surface area (Å²) in [5, 5.41) is 23.4. The number of benzene rings is 1. The average Bonchev–Trinajstić information content (AvgIpc) is 3.19. The molecule has 0 aliphatic carbocycles. The molecule has 1 aromatic carbocycles. The van der Waals surface area contributed by atoms with E-state index in [9.17, 15) is 14.9 Å². The number of thioether (sulfide) groups is 1. The first kappa shape index (κ1) is 22.6. The summed E-state index contributed by atoms with van der Waals surface area (Å²) < 4.78 is 0. The third-order valence-corrected chi connectivity index (χ3v) is 7.34. The fourth-order valence-corrected chi connectivity index (χ4v) is 5.38. The van der Waals surface area contributed by atoms with Crippen molar-refractivity contribution in [3.63, 3.8) is 0 Å². The van der Waals surface area contributed by atoms with Crippen LogP contribution in [0.15, 0.2) is 22.3 Å². The van der Waals surface area contributed by atoms with Crippen molar-refractivity contribution in [3.05, 3.63) is 27.8 Å². The largest absolute Gasteiger partial charge is 0.368 e. The van der Waals surface area contributed by atoms with E-state index in [0.29, 0.717) is 28.2 Å². The van der Waals surface area contributed by atoms with Gasteiger partial charge in [0.25, 0.3) is 5.69 Å². The lowest BCUT2D eigenvalue weighted by Crippen LogP contribution is -2.40. The molecular formula is C22H30N6O3S. The molecule has 1 N–H and O–H groups in total. The van der Waals surface area contributed by atoms with Gasteiger partial charge in [0.05, 0.1) is 16.9 Å². The van der Waals surface area contributed by atoms with E-state index < -0.39 is 0 Å². The van der Waals surface area contributed by atoms with Crippen LogP contribution in [-0.2, 0) is 4.79 Å². The minimum atomic E-state index is -0.295. The minimum absolute atomic E-state index is 0.0950. The highest BCUT2D eigenvalue weighted by molar-refractivity contribution is 8.15.